The normalized spacial score (nSPS) is 19.0. The molecule has 1 fully saturated rings. The number of halogens is 1. The molecule has 0 aromatic heterocycles. The van der Waals surface area contributed by atoms with Crippen LogP contribution in [0.3, 0.4) is 0 Å². The number of ether oxygens (including phenoxy) is 1. The fourth-order valence-electron chi connectivity index (χ4n) is 2.46. The van der Waals surface area contributed by atoms with E-state index in [0.29, 0.717) is 6.54 Å². The van der Waals surface area contributed by atoms with E-state index in [1.165, 1.54) is 11.3 Å². The first-order valence-electron chi connectivity index (χ1n) is 6.38. The second kappa shape index (κ2) is 5.47. The zero-order chi connectivity index (χ0) is 13.2. The van der Waals surface area contributed by atoms with Gasteiger partial charge in [0.25, 0.3) is 0 Å². The zero-order valence-corrected chi connectivity index (χ0v) is 11.8. The summed E-state index contributed by atoms with van der Waals surface area (Å²) in [5, 5.41) is 0.771. The lowest BCUT2D eigenvalue weighted by atomic mass is 9.98. The van der Waals surface area contributed by atoms with Gasteiger partial charge in [-0.25, -0.2) is 0 Å². The Morgan fingerprint density at radius 2 is 2.22 bits per heavy atom. The third-order valence-corrected chi connectivity index (χ3v) is 3.63. The number of nitrogens with zero attached hydrogens (tertiary/aromatic N) is 1. The summed E-state index contributed by atoms with van der Waals surface area (Å²) in [4.78, 5) is 2.38. The van der Waals surface area contributed by atoms with E-state index in [-0.39, 0.29) is 5.54 Å². The Labute approximate surface area is 114 Å². The van der Waals surface area contributed by atoms with Crippen molar-refractivity contribution in [2.24, 2.45) is 5.73 Å². The summed E-state index contributed by atoms with van der Waals surface area (Å²) in [6.07, 6.45) is 0.875. The minimum atomic E-state index is -0.00766. The lowest BCUT2D eigenvalue weighted by Gasteiger charge is -2.44. The Kier molecular flexibility index (Phi) is 4.15. The fraction of sp³-hybridized carbons (Fsp3) is 0.571. The van der Waals surface area contributed by atoms with Crippen molar-refractivity contribution < 1.29 is 4.74 Å². The fourth-order valence-corrected chi connectivity index (χ4v) is 2.63. The third-order valence-electron chi connectivity index (χ3n) is 3.40. The van der Waals surface area contributed by atoms with Crippen molar-refractivity contribution in [2.45, 2.75) is 25.8 Å². The standard InChI is InChI=1S/C14H21ClN2O/c1-14(2)10-18-8-7-17(14)13-9-12(15)4-3-11(13)5-6-16/h3-4,9H,5-8,10,16H2,1-2H3. The summed E-state index contributed by atoms with van der Waals surface area (Å²) in [6, 6.07) is 6.05. The molecule has 1 aromatic carbocycles. The quantitative estimate of drug-likeness (QED) is 0.915. The van der Waals surface area contributed by atoms with Crippen LogP contribution in [-0.4, -0.2) is 31.8 Å². The Morgan fingerprint density at radius 1 is 1.44 bits per heavy atom. The van der Waals surface area contributed by atoms with Gasteiger partial charge in [0.15, 0.2) is 0 Å². The van der Waals surface area contributed by atoms with Crippen LogP contribution >= 0.6 is 11.6 Å². The molecule has 0 unspecified atom stereocenters. The second-order valence-electron chi connectivity index (χ2n) is 5.33. The summed E-state index contributed by atoms with van der Waals surface area (Å²) in [7, 11) is 0. The van der Waals surface area contributed by atoms with Crippen molar-refractivity contribution >= 4 is 17.3 Å². The number of anilines is 1. The lowest BCUT2D eigenvalue weighted by Crippen LogP contribution is -2.53. The van der Waals surface area contributed by atoms with Crippen molar-refractivity contribution in [3.8, 4) is 0 Å². The Balaban J connectivity index is 2.38. The predicted octanol–water partition coefficient (Wildman–Crippen LogP) is 2.46. The molecule has 1 heterocycles. The molecule has 2 rings (SSSR count). The van der Waals surface area contributed by atoms with Crippen LogP contribution in [0, 0.1) is 0 Å². The molecule has 2 N–H and O–H groups in total. The molecule has 1 aliphatic heterocycles. The highest BCUT2D eigenvalue weighted by atomic mass is 35.5. The van der Waals surface area contributed by atoms with Gasteiger partial charge in [0.1, 0.15) is 0 Å². The summed E-state index contributed by atoms with van der Waals surface area (Å²) in [5.74, 6) is 0. The van der Waals surface area contributed by atoms with E-state index >= 15 is 0 Å². The van der Waals surface area contributed by atoms with E-state index < -0.39 is 0 Å². The van der Waals surface area contributed by atoms with Gasteiger partial charge in [0, 0.05) is 17.3 Å². The summed E-state index contributed by atoms with van der Waals surface area (Å²) in [5.41, 5.74) is 8.14. The molecule has 0 atom stereocenters. The number of hydrogen-bond acceptors (Lipinski definition) is 3. The monoisotopic (exact) mass is 268 g/mol. The molecular formula is C14H21ClN2O. The maximum absolute atomic E-state index is 6.14. The van der Waals surface area contributed by atoms with Crippen molar-refractivity contribution in [1.82, 2.24) is 0 Å². The zero-order valence-electron chi connectivity index (χ0n) is 11.1. The van der Waals surface area contributed by atoms with E-state index in [0.717, 1.165) is 31.2 Å². The first-order valence-corrected chi connectivity index (χ1v) is 6.76. The van der Waals surface area contributed by atoms with Crippen LogP contribution in [0.2, 0.25) is 5.02 Å². The molecule has 0 saturated carbocycles. The molecule has 3 nitrogen and oxygen atoms in total. The minimum Gasteiger partial charge on any atom is -0.377 e. The first kappa shape index (κ1) is 13.7. The van der Waals surface area contributed by atoms with Crippen LogP contribution in [0.4, 0.5) is 5.69 Å². The topological polar surface area (TPSA) is 38.5 Å². The van der Waals surface area contributed by atoms with E-state index in [9.17, 15) is 0 Å². The number of morpholine rings is 1. The first-order chi connectivity index (χ1) is 8.54. The number of rotatable bonds is 3. The summed E-state index contributed by atoms with van der Waals surface area (Å²) >= 11 is 6.14. The van der Waals surface area contributed by atoms with Crippen molar-refractivity contribution in [2.75, 3.05) is 31.2 Å². The molecule has 0 amide bonds. The third kappa shape index (κ3) is 2.79. The van der Waals surface area contributed by atoms with E-state index in [1.54, 1.807) is 0 Å². The SMILES string of the molecule is CC1(C)COCCN1c1cc(Cl)ccc1CCN. The van der Waals surface area contributed by atoms with Crippen LogP contribution in [-0.2, 0) is 11.2 Å². The highest BCUT2D eigenvalue weighted by Crippen LogP contribution is 2.32. The van der Waals surface area contributed by atoms with Gasteiger partial charge in [0.05, 0.1) is 18.8 Å². The van der Waals surface area contributed by atoms with Gasteiger partial charge in [-0.05, 0) is 44.5 Å². The molecule has 4 heteroatoms. The largest absolute Gasteiger partial charge is 0.377 e. The van der Waals surface area contributed by atoms with Crippen LogP contribution in [0.5, 0.6) is 0 Å². The highest BCUT2D eigenvalue weighted by Gasteiger charge is 2.31. The van der Waals surface area contributed by atoms with Gasteiger partial charge in [-0.3, -0.25) is 0 Å². The maximum atomic E-state index is 6.14. The Bertz CT molecular complexity index is 420. The van der Waals surface area contributed by atoms with Crippen LogP contribution < -0.4 is 10.6 Å². The van der Waals surface area contributed by atoms with Gasteiger partial charge >= 0.3 is 0 Å². The van der Waals surface area contributed by atoms with Crippen molar-refractivity contribution in [1.29, 1.82) is 0 Å². The molecule has 100 valence electrons. The maximum Gasteiger partial charge on any atom is 0.0694 e. The molecule has 18 heavy (non-hydrogen) atoms. The Hall–Kier alpha value is -0.770. The average Bonchev–Trinajstić information content (AvgIpc) is 2.31. The molecule has 0 radical (unpaired) electrons. The lowest BCUT2D eigenvalue weighted by molar-refractivity contribution is 0.0643. The van der Waals surface area contributed by atoms with Crippen molar-refractivity contribution in [3.63, 3.8) is 0 Å². The smallest absolute Gasteiger partial charge is 0.0694 e. The summed E-state index contributed by atoms with van der Waals surface area (Å²) < 4.78 is 5.57. The van der Waals surface area contributed by atoms with E-state index in [1.807, 2.05) is 12.1 Å². The van der Waals surface area contributed by atoms with Gasteiger partial charge in [0.2, 0.25) is 0 Å². The van der Waals surface area contributed by atoms with Gasteiger partial charge in [-0.2, -0.15) is 0 Å². The molecule has 0 aliphatic carbocycles. The van der Waals surface area contributed by atoms with Gasteiger partial charge in [-0.1, -0.05) is 17.7 Å². The average molecular weight is 269 g/mol. The van der Waals surface area contributed by atoms with Crippen LogP contribution in [0.25, 0.3) is 0 Å². The molecule has 0 spiro atoms. The molecule has 1 aromatic rings. The van der Waals surface area contributed by atoms with Gasteiger partial charge < -0.3 is 15.4 Å². The second-order valence-corrected chi connectivity index (χ2v) is 5.76. The summed E-state index contributed by atoms with van der Waals surface area (Å²) in [6.45, 7) is 7.43. The highest BCUT2D eigenvalue weighted by molar-refractivity contribution is 6.30. The van der Waals surface area contributed by atoms with Gasteiger partial charge in [-0.15, -0.1) is 0 Å². The molecule has 1 saturated heterocycles. The molecule has 0 bridgehead atoms. The minimum absolute atomic E-state index is 0.00766. The van der Waals surface area contributed by atoms with E-state index in [4.69, 9.17) is 22.1 Å². The number of hydrogen-bond donors (Lipinski definition) is 1. The van der Waals surface area contributed by atoms with Crippen LogP contribution in [0.1, 0.15) is 19.4 Å². The molecular weight excluding hydrogens is 248 g/mol. The van der Waals surface area contributed by atoms with E-state index in [2.05, 4.69) is 24.8 Å². The predicted molar refractivity (Wildman–Crippen MR) is 76.5 cm³/mol. The number of nitrogens with two attached hydrogens (primary N) is 1. The van der Waals surface area contributed by atoms with Crippen molar-refractivity contribution in [3.05, 3.63) is 28.8 Å². The van der Waals surface area contributed by atoms with Crippen LogP contribution in [0.15, 0.2) is 18.2 Å². The molecule has 1 aliphatic rings. The Morgan fingerprint density at radius 3 is 2.89 bits per heavy atom. The number of benzene rings is 1.